The number of benzene rings is 1. The summed E-state index contributed by atoms with van der Waals surface area (Å²) >= 11 is 0. The molecule has 1 saturated heterocycles. The number of carboxylic acids is 1. The van der Waals surface area contributed by atoms with E-state index in [1.807, 2.05) is 12.1 Å². The topological polar surface area (TPSA) is 83.1 Å². The summed E-state index contributed by atoms with van der Waals surface area (Å²) in [5, 5.41) is 9.35. The summed E-state index contributed by atoms with van der Waals surface area (Å²) in [7, 11) is 0. The smallest absolute Gasteiger partial charge is 0.303 e. The molecule has 1 fully saturated rings. The average Bonchev–Trinajstić information content (AvgIpc) is 3.23. The van der Waals surface area contributed by atoms with E-state index in [4.69, 9.17) is 9.41 Å². The van der Waals surface area contributed by atoms with Gasteiger partial charge in [0.15, 0.2) is 5.76 Å². The maximum absolute atomic E-state index is 12.7. The van der Waals surface area contributed by atoms with Crippen molar-refractivity contribution >= 4 is 17.6 Å². The second-order valence-electron chi connectivity index (χ2n) is 7.57. The molecule has 0 radical (unpaired) electrons. The fourth-order valence-corrected chi connectivity index (χ4v) is 4.38. The molecule has 0 bridgehead atoms. The Balaban J connectivity index is 1.54. The third-order valence-electron chi connectivity index (χ3n) is 5.81. The number of carbonyl (C=O) groups is 2. The van der Waals surface area contributed by atoms with E-state index in [1.54, 1.807) is 17.0 Å². The highest BCUT2D eigenvalue weighted by atomic mass is 16.4. The van der Waals surface area contributed by atoms with Crippen molar-refractivity contribution in [2.24, 2.45) is 16.8 Å². The van der Waals surface area contributed by atoms with Gasteiger partial charge < -0.3 is 14.4 Å². The van der Waals surface area contributed by atoms with Crippen molar-refractivity contribution in [2.45, 2.75) is 25.7 Å². The van der Waals surface area contributed by atoms with Crippen molar-refractivity contribution in [1.29, 1.82) is 0 Å². The summed E-state index contributed by atoms with van der Waals surface area (Å²) in [5.74, 6) is -0.485. The highest BCUT2D eigenvalue weighted by molar-refractivity contribution is 6.02. The number of piperidine rings is 1. The lowest BCUT2D eigenvalue weighted by molar-refractivity contribution is -0.138. The third kappa shape index (κ3) is 3.86. The van der Waals surface area contributed by atoms with Crippen LogP contribution in [0.1, 0.15) is 40.9 Å². The molecule has 2 aromatic rings. The first-order valence-electron chi connectivity index (χ1n) is 9.78. The first-order valence-corrected chi connectivity index (χ1v) is 9.78. The first-order chi connectivity index (χ1) is 13.6. The van der Waals surface area contributed by atoms with Crippen LogP contribution in [0.5, 0.6) is 0 Å². The van der Waals surface area contributed by atoms with Crippen LogP contribution in [0.2, 0.25) is 0 Å². The van der Waals surface area contributed by atoms with Crippen LogP contribution in [0, 0.1) is 11.8 Å². The molecule has 146 valence electrons. The van der Waals surface area contributed by atoms with Gasteiger partial charge in [0.05, 0.1) is 6.26 Å². The van der Waals surface area contributed by atoms with Gasteiger partial charge in [0, 0.05) is 31.8 Å². The Morgan fingerprint density at radius 1 is 1.18 bits per heavy atom. The number of hydrogen-bond acceptors (Lipinski definition) is 4. The summed E-state index contributed by atoms with van der Waals surface area (Å²) in [4.78, 5) is 30.6. The minimum absolute atomic E-state index is 0.0370. The molecular weight excluding hydrogens is 356 g/mol. The van der Waals surface area contributed by atoms with Gasteiger partial charge in [0.25, 0.3) is 5.91 Å². The zero-order chi connectivity index (χ0) is 19.5. The number of nitrogens with zero attached hydrogens (tertiary/aromatic N) is 2. The Kier molecular flexibility index (Phi) is 5.28. The van der Waals surface area contributed by atoms with E-state index in [9.17, 15) is 14.7 Å². The Labute approximate surface area is 163 Å². The predicted octanol–water partition coefficient (Wildman–Crippen LogP) is 3.27. The average molecular weight is 380 g/mol. The Hall–Kier alpha value is -2.89. The van der Waals surface area contributed by atoms with E-state index in [0.29, 0.717) is 31.7 Å². The molecule has 0 aliphatic carbocycles. The van der Waals surface area contributed by atoms with Gasteiger partial charge in [0.1, 0.15) is 0 Å². The van der Waals surface area contributed by atoms with Crippen molar-refractivity contribution < 1.29 is 19.1 Å². The van der Waals surface area contributed by atoms with Gasteiger partial charge in [-0.2, -0.15) is 0 Å². The number of carbonyl (C=O) groups excluding carboxylic acids is 1. The molecule has 1 N–H and O–H groups in total. The van der Waals surface area contributed by atoms with Crippen LogP contribution in [-0.2, 0) is 11.2 Å². The number of aliphatic imine (C=N–C) groups is 1. The Morgan fingerprint density at radius 3 is 2.82 bits per heavy atom. The molecule has 0 unspecified atom stereocenters. The van der Waals surface area contributed by atoms with Crippen molar-refractivity contribution in [2.75, 3.05) is 19.6 Å². The van der Waals surface area contributed by atoms with Gasteiger partial charge in [-0.1, -0.05) is 24.3 Å². The largest absolute Gasteiger partial charge is 0.481 e. The van der Waals surface area contributed by atoms with Crippen LogP contribution >= 0.6 is 0 Å². The molecule has 3 heterocycles. The molecule has 6 heteroatoms. The second kappa shape index (κ2) is 8.00. The van der Waals surface area contributed by atoms with Crippen LogP contribution < -0.4 is 0 Å². The SMILES string of the molecule is O=C(O)C[C@@H]1CCN(C(=O)c2ccco2)C[C@@H]1CC1=NCCc2ccccc21. The van der Waals surface area contributed by atoms with E-state index in [0.717, 1.165) is 24.2 Å². The van der Waals surface area contributed by atoms with Crippen LogP contribution in [-0.4, -0.2) is 47.2 Å². The molecule has 1 aromatic carbocycles. The summed E-state index contributed by atoms with van der Waals surface area (Å²) in [6.45, 7) is 1.84. The fourth-order valence-electron chi connectivity index (χ4n) is 4.38. The van der Waals surface area contributed by atoms with Gasteiger partial charge in [-0.25, -0.2) is 0 Å². The number of fused-ring (bicyclic) bond motifs is 1. The molecule has 28 heavy (non-hydrogen) atoms. The first kappa shape index (κ1) is 18.5. The number of furan rings is 1. The number of amides is 1. The van der Waals surface area contributed by atoms with E-state index in [2.05, 4.69) is 12.1 Å². The molecule has 1 amide bonds. The van der Waals surface area contributed by atoms with Crippen LogP contribution in [0.3, 0.4) is 0 Å². The predicted molar refractivity (Wildman–Crippen MR) is 105 cm³/mol. The van der Waals surface area contributed by atoms with Crippen LogP contribution in [0.15, 0.2) is 52.1 Å². The minimum Gasteiger partial charge on any atom is -0.481 e. The summed E-state index contributed by atoms with van der Waals surface area (Å²) in [6.07, 6.45) is 3.93. The van der Waals surface area contributed by atoms with Gasteiger partial charge in [-0.05, 0) is 54.4 Å². The number of carboxylic acid groups (broad SMARTS) is 1. The van der Waals surface area contributed by atoms with Gasteiger partial charge >= 0.3 is 5.97 Å². The summed E-state index contributed by atoms with van der Waals surface area (Å²) in [5.41, 5.74) is 3.49. The van der Waals surface area contributed by atoms with E-state index >= 15 is 0 Å². The lowest BCUT2D eigenvalue weighted by Gasteiger charge is -2.38. The quantitative estimate of drug-likeness (QED) is 0.863. The highest BCUT2D eigenvalue weighted by Gasteiger charge is 2.35. The summed E-state index contributed by atoms with van der Waals surface area (Å²) in [6, 6.07) is 11.7. The lowest BCUT2D eigenvalue weighted by Crippen LogP contribution is -2.45. The van der Waals surface area contributed by atoms with Crippen LogP contribution in [0.4, 0.5) is 0 Å². The molecule has 0 spiro atoms. The lowest BCUT2D eigenvalue weighted by atomic mass is 9.78. The van der Waals surface area contributed by atoms with E-state index in [1.165, 1.54) is 11.8 Å². The number of aliphatic carboxylic acids is 1. The van der Waals surface area contributed by atoms with Crippen molar-refractivity contribution in [3.8, 4) is 0 Å². The molecular formula is C22H24N2O4. The van der Waals surface area contributed by atoms with E-state index in [-0.39, 0.29) is 24.2 Å². The standard InChI is InChI=1S/C22H24N2O4/c25-21(26)13-16-8-10-24(22(27)20-6-3-11-28-20)14-17(16)12-19-18-5-2-1-4-15(18)7-9-23-19/h1-6,11,16-17H,7-10,12-14H2,(H,25,26)/t16-,17-/m0/s1. The highest BCUT2D eigenvalue weighted by Crippen LogP contribution is 2.32. The molecule has 1 aromatic heterocycles. The molecule has 2 aliphatic rings. The Morgan fingerprint density at radius 2 is 2.04 bits per heavy atom. The Bertz CT molecular complexity index is 888. The minimum atomic E-state index is -0.785. The zero-order valence-corrected chi connectivity index (χ0v) is 15.7. The fraction of sp³-hybridized carbons (Fsp3) is 0.409. The van der Waals surface area contributed by atoms with Gasteiger partial charge in [0.2, 0.25) is 0 Å². The molecule has 4 rings (SSSR count). The number of hydrogen-bond donors (Lipinski definition) is 1. The van der Waals surface area contributed by atoms with Crippen molar-refractivity contribution in [3.05, 3.63) is 59.5 Å². The van der Waals surface area contributed by atoms with Crippen molar-refractivity contribution in [1.82, 2.24) is 4.90 Å². The maximum Gasteiger partial charge on any atom is 0.303 e. The number of likely N-dealkylation sites (tertiary alicyclic amines) is 1. The summed E-state index contributed by atoms with van der Waals surface area (Å²) < 4.78 is 5.26. The van der Waals surface area contributed by atoms with Gasteiger partial charge in [-0.15, -0.1) is 0 Å². The molecule has 2 aliphatic heterocycles. The molecule has 2 atom stereocenters. The number of rotatable bonds is 5. The van der Waals surface area contributed by atoms with Crippen molar-refractivity contribution in [3.63, 3.8) is 0 Å². The monoisotopic (exact) mass is 380 g/mol. The second-order valence-corrected chi connectivity index (χ2v) is 7.57. The maximum atomic E-state index is 12.7. The van der Waals surface area contributed by atoms with Gasteiger partial charge in [-0.3, -0.25) is 14.6 Å². The molecule has 0 saturated carbocycles. The third-order valence-corrected chi connectivity index (χ3v) is 5.81. The zero-order valence-electron chi connectivity index (χ0n) is 15.7. The molecule has 6 nitrogen and oxygen atoms in total. The normalized spacial score (nSPS) is 21.7. The van der Waals surface area contributed by atoms with E-state index < -0.39 is 5.97 Å². The van der Waals surface area contributed by atoms with Crippen LogP contribution in [0.25, 0.3) is 0 Å².